The molecule has 10 heavy (non-hydrogen) atoms. The number of allylic oxidation sites excluding steroid dienone is 3. The molecule has 0 amide bonds. The van der Waals surface area contributed by atoms with E-state index in [0.717, 1.165) is 17.8 Å². The average molecular weight is 134 g/mol. The number of rotatable bonds is 1. The summed E-state index contributed by atoms with van der Waals surface area (Å²) >= 11 is 0. The monoisotopic (exact) mass is 134 g/mol. The van der Waals surface area contributed by atoms with Gasteiger partial charge in [0.1, 0.15) is 0 Å². The van der Waals surface area contributed by atoms with Gasteiger partial charge in [-0.1, -0.05) is 18.2 Å². The van der Waals surface area contributed by atoms with Gasteiger partial charge < -0.3 is 0 Å². The summed E-state index contributed by atoms with van der Waals surface area (Å²) in [5.41, 5.74) is 0. The van der Waals surface area contributed by atoms with Gasteiger partial charge in [-0.3, -0.25) is 0 Å². The third kappa shape index (κ3) is 0.828. The first-order chi connectivity index (χ1) is 4.90. The minimum absolute atomic E-state index is 0.795. The molecular weight excluding hydrogens is 120 g/mol. The molecule has 0 unspecified atom stereocenters. The van der Waals surface area contributed by atoms with Crippen LogP contribution in [0.5, 0.6) is 0 Å². The number of hydrogen-bond donors (Lipinski definition) is 0. The Hall–Kier alpha value is -0.520. The van der Waals surface area contributed by atoms with Crippen molar-refractivity contribution in [3.8, 4) is 0 Å². The zero-order valence-corrected chi connectivity index (χ0v) is 6.29. The lowest BCUT2D eigenvalue weighted by molar-refractivity contribution is 0.263. The van der Waals surface area contributed by atoms with Crippen molar-refractivity contribution in [3.05, 3.63) is 24.8 Å². The second-order valence-electron chi connectivity index (χ2n) is 3.52. The maximum absolute atomic E-state index is 3.87. The highest BCUT2D eigenvalue weighted by Crippen LogP contribution is 2.40. The van der Waals surface area contributed by atoms with E-state index in [1.165, 1.54) is 19.3 Å². The van der Waals surface area contributed by atoms with Crippen LogP contribution in [-0.4, -0.2) is 0 Å². The SMILES string of the molecule is C=C[C@@H]1C[C@H]2C=C[C@H]1CC2. The molecule has 0 aromatic rings. The summed E-state index contributed by atoms with van der Waals surface area (Å²) in [5, 5.41) is 0. The highest BCUT2D eigenvalue weighted by molar-refractivity contribution is 5.09. The van der Waals surface area contributed by atoms with E-state index >= 15 is 0 Å². The van der Waals surface area contributed by atoms with E-state index < -0.39 is 0 Å². The van der Waals surface area contributed by atoms with Crippen LogP contribution in [0.25, 0.3) is 0 Å². The van der Waals surface area contributed by atoms with E-state index in [4.69, 9.17) is 0 Å². The molecule has 2 bridgehead atoms. The number of fused-ring (bicyclic) bond motifs is 2. The Morgan fingerprint density at radius 2 is 2.20 bits per heavy atom. The fourth-order valence-corrected chi connectivity index (χ4v) is 2.25. The molecule has 0 aromatic heterocycles. The first-order valence-electron chi connectivity index (χ1n) is 4.21. The first kappa shape index (κ1) is 6.21. The molecule has 0 saturated heterocycles. The lowest BCUT2D eigenvalue weighted by atomic mass is 9.69. The highest BCUT2D eigenvalue weighted by atomic mass is 14.3. The maximum Gasteiger partial charge on any atom is -0.0168 e. The zero-order valence-electron chi connectivity index (χ0n) is 6.29. The third-order valence-electron chi connectivity index (χ3n) is 2.93. The summed E-state index contributed by atoms with van der Waals surface area (Å²) < 4.78 is 0. The van der Waals surface area contributed by atoms with E-state index in [0.29, 0.717) is 0 Å². The van der Waals surface area contributed by atoms with Gasteiger partial charge in [-0.25, -0.2) is 0 Å². The highest BCUT2D eigenvalue weighted by Gasteiger charge is 2.29. The Labute approximate surface area is 62.6 Å². The van der Waals surface area contributed by atoms with Crippen LogP contribution in [0.3, 0.4) is 0 Å². The number of hydrogen-bond acceptors (Lipinski definition) is 0. The topological polar surface area (TPSA) is 0 Å². The summed E-state index contributed by atoms with van der Waals surface area (Å²) in [4.78, 5) is 0. The molecule has 0 heteroatoms. The molecule has 0 N–H and O–H groups in total. The fourth-order valence-electron chi connectivity index (χ4n) is 2.25. The standard InChI is InChI=1S/C10H14/c1-2-9-7-8-3-5-10(9)6-4-8/h2-3,5,8-10H,1,4,6-7H2/t8-,9+,10-/m0/s1. The molecule has 0 aromatic carbocycles. The molecule has 1 saturated carbocycles. The van der Waals surface area contributed by atoms with Gasteiger partial charge in [0.2, 0.25) is 0 Å². The Morgan fingerprint density at radius 1 is 1.30 bits per heavy atom. The summed E-state index contributed by atoms with van der Waals surface area (Å²) in [5.74, 6) is 2.51. The second-order valence-corrected chi connectivity index (χ2v) is 3.52. The van der Waals surface area contributed by atoms with Gasteiger partial charge in [-0.2, -0.15) is 0 Å². The summed E-state index contributed by atoms with van der Waals surface area (Å²) in [6.45, 7) is 3.87. The lowest BCUT2D eigenvalue weighted by Gasteiger charge is -2.36. The van der Waals surface area contributed by atoms with E-state index in [9.17, 15) is 0 Å². The molecule has 54 valence electrons. The minimum atomic E-state index is 0.795. The molecular formula is C10H14. The predicted octanol–water partition coefficient (Wildman–Crippen LogP) is 2.77. The van der Waals surface area contributed by atoms with Crippen molar-refractivity contribution in [1.29, 1.82) is 0 Å². The summed E-state index contributed by atoms with van der Waals surface area (Å²) in [6, 6.07) is 0. The predicted molar refractivity (Wildman–Crippen MR) is 43.7 cm³/mol. The van der Waals surface area contributed by atoms with Gasteiger partial charge in [0.25, 0.3) is 0 Å². The van der Waals surface area contributed by atoms with Crippen LogP contribution in [-0.2, 0) is 0 Å². The van der Waals surface area contributed by atoms with Crippen molar-refractivity contribution >= 4 is 0 Å². The van der Waals surface area contributed by atoms with Crippen LogP contribution in [0.1, 0.15) is 19.3 Å². The lowest BCUT2D eigenvalue weighted by Crippen LogP contribution is -2.25. The molecule has 3 aliphatic carbocycles. The van der Waals surface area contributed by atoms with Gasteiger partial charge in [-0.15, -0.1) is 6.58 Å². The molecule has 0 aliphatic heterocycles. The Bertz CT molecular complexity index is 167. The van der Waals surface area contributed by atoms with Crippen molar-refractivity contribution in [1.82, 2.24) is 0 Å². The summed E-state index contributed by atoms with van der Waals surface area (Å²) in [6.07, 6.45) is 11.1. The van der Waals surface area contributed by atoms with Gasteiger partial charge in [-0.05, 0) is 37.0 Å². The quantitative estimate of drug-likeness (QED) is 0.484. The Kier molecular flexibility index (Phi) is 1.40. The second kappa shape index (κ2) is 2.26. The van der Waals surface area contributed by atoms with Crippen molar-refractivity contribution in [2.24, 2.45) is 17.8 Å². The largest absolute Gasteiger partial charge is 0.103 e. The first-order valence-corrected chi connectivity index (χ1v) is 4.21. The third-order valence-corrected chi connectivity index (χ3v) is 2.93. The Balaban J connectivity index is 2.18. The maximum atomic E-state index is 3.87. The normalized spacial score (nSPS) is 43.8. The van der Waals surface area contributed by atoms with Gasteiger partial charge in [0.05, 0.1) is 0 Å². The molecule has 3 aliphatic rings. The zero-order chi connectivity index (χ0) is 6.97. The Morgan fingerprint density at radius 3 is 2.50 bits per heavy atom. The fraction of sp³-hybridized carbons (Fsp3) is 0.600. The van der Waals surface area contributed by atoms with Crippen molar-refractivity contribution < 1.29 is 0 Å². The van der Waals surface area contributed by atoms with Crippen LogP contribution in [0, 0.1) is 17.8 Å². The molecule has 0 nitrogen and oxygen atoms in total. The van der Waals surface area contributed by atoms with Crippen molar-refractivity contribution in [3.63, 3.8) is 0 Å². The molecule has 0 spiro atoms. The van der Waals surface area contributed by atoms with E-state index in [1.807, 2.05) is 0 Å². The minimum Gasteiger partial charge on any atom is -0.103 e. The molecule has 0 radical (unpaired) electrons. The molecule has 3 atom stereocenters. The van der Waals surface area contributed by atoms with Crippen LogP contribution in [0.15, 0.2) is 24.8 Å². The van der Waals surface area contributed by atoms with E-state index in [2.05, 4.69) is 24.8 Å². The van der Waals surface area contributed by atoms with Crippen LogP contribution < -0.4 is 0 Å². The van der Waals surface area contributed by atoms with Crippen LogP contribution >= 0.6 is 0 Å². The van der Waals surface area contributed by atoms with Gasteiger partial charge >= 0.3 is 0 Å². The van der Waals surface area contributed by atoms with Crippen molar-refractivity contribution in [2.45, 2.75) is 19.3 Å². The van der Waals surface area contributed by atoms with Gasteiger partial charge in [0.15, 0.2) is 0 Å². The molecule has 0 heterocycles. The van der Waals surface area contributed by atoms with Crippen molar-refractivity contribution in [2.75, 3.05) is 0 Å². The average Bonchev–Trinajstić information content (AvgIpc) is 2.06. The summed E-state index contributed by atoms with van der Waals surface area (Å²) in [7, 11) is 0. The molecule has 1 fully saturated rings. The molecule has 3 rings (SSSR count). The van der Waals surface area contributed by atoms with Crippen LogP contribution in [0.2, 0.25) is 0 Å². The smallest absolute Gasteiger partial charge is 0.0168 e. The van der Waals surface area contributed by atoms with Gasteiger partial charge in [0, 0.05) is 0 Å². The van der Waals surface area contributed by atoms with Crippen LogP contribution in [0.4, 0.5) is 0 Å². The van der Waals surface area contributed by atoms with E-state index in [-0.39, 0.29) is 0 Å². The van der Waals surface area contributed by atoms with E-state index in [1.54, 1.807) is 0 Å².